The fourth-order valence-corrected chi connectivity index (χ4v) is 4.93. The topological polar surface area (TPSA) is 90.5 Å². The van der Waals surface area contributed by atoms with Crippen molar-refractivity contribution in [3.63, 3.8) is 0 Å². The molecule has 4 aliphatic rings. The van der Waals surface area contributed by atoms with E-state index < -0.39 is 6.04 Å². The third-order valence-corrected chi connectivity index (χ3v) is 6.64. The van der Waals surface area contributed by atoms with E-state index >= 15 is 0 Å². The van der Waals surface area contributed by atoms with Crippen molar-refractivity contribution in [3.8, 4) is 0 Å². The van der Waals surface area contributed by atoms with Crippen LogP contribution in [0.1, 0.15) is 47.2 Å². The summed E-state index contributed by atoms with van der Waals surface area (Å²) in [4.78, 5) is 37.9. The molecule has 0 bridgehead atoms. The van der Waals surface area contributed by atoms with Crippen molar-refractivity contribution in [2.24, 2.45) is 11.8 Å². The largest absolute Gasteiger partial charge is 0.322 e. The van der Waals surface area contributed by atoms with E-state index in [0.29, 0.717) is 24.6 Å². The van der Waals surface area contributed by atoms with Crippen LogP contribution in [0.5, 0.6) is 0 Å². The summed E-state index contributed by atoms with van der Waals surface area (Å²) in [5.41, 5.74) is 2.81. The van der Waals surface area contributed by atoms with E-state index in [0.717, 1.165) is 42.6 Å². The molecule has 5 rings (SSSR count). The van der Waals surface area contributed by atoms with Gasteiger partial charge in [0.05, 0.1) is 0 Å². The average Bonchev–Trinajstić information content (AvgIpc) is 3.33. The summed E-state index contributed by atoms with van der Waals surface area (Å²) >= 11 is 0. The summed E-state index contributed by atoms with van der Waals surface area (Å²) in [6, 6.07) is 5.93. The van der Waals surface area contributed by atoms with Crippen LogP contribution >= 0.6 is 0 Å². The molecule has 7 nitrogen and oxygen atoms in total. The van der Waals surface area contributed by atoms with Crippen molar-refractivity contribution in [1.29, 1.82) is 0 Å². The molecule has 28 heavy (non-hydrogen) atoms. The highest BCUT2D eigenvalue weighted by atomic mass is 16.2. The van der Waals surface area contributed by atoms with E-state index in [1.165, 1.54) is 12.8 Å². The predicted molar refractivity (Wildman–Crippen MR) is 102 cm³/mol. The van der Waals surface area contributed by atoms with Gasteiger partial charge in [0.1, 0.15) is 6.04 Å². The van der Waals surface area contributed by atoms with Crippen LogP contribution in [-0.4, -0.2) is 47.8 Å². The SMILES string of the molecule is O=C1CCC(N2Cc3cc(CNC4CNCC4C4CC4)ccc3C2=O)C(=O)N1. The van der Waals surface area contributed by atoms with Crippen LogP contribution in [0.3, 0.4) is 0 Å². The van der Waals surface area contributed by atoms with Crippen molar-refractivity contribution < 1.29 is 14.4 Å². The molecule has 3 amide bonds. The Balaban J connectivity index is 1.25. The highest BCUT2D eigenvalue weighted by Crippen LogP contribution is 2.39. The molecular weight excluding hydrogens is 356 g/mol. The number of amides is 3. The summed E-state index contributed by atoms with van der Waals surface area (Å²) in [5, 5.41) is 9.54. The average molecular weight is 382 g/mol. The first kappa shape index (κ1) is 17.8. The molecule has 1 saturated carbocycles. The fourth-order valence-electron chi connectivity index (χ4n) is 4.93. The Labute approximate surface area is 164 Å². The lowest BCUT2D eigenvalue weighted by Crippen LogP contribution is -2.52. The second-order valence-electron chi connectivity index (χ2n) is 8.54. The second-order valence-corrected chi connectivity index (χ2v) is 8.54. The molecule has 3 fully saturated rings. The first-order chi connectivity index (χ1) is 13.6. The van der Waals surface area contributed by atoms with Gasteiger partial charge < -0.3 is 15.5 Å². The molecule has 3 unspecified atom stereocenters. The van der Waals surface area contributed by atoms with Crippen molar-refractivity contribution in [2.75, 3.05) is 13.1 Å². The standard InChI is InChI=1S/C21H26N4O3/c26-19-6-5-18(20(27)24-19)25-11-14-7-12(1-4-15(14)21(25)28)8-23-17-10-22-9-16(17)13-2-3-13/h1,4,7,13,16-18,22-23H,2-3,5-6,8-11H2,(H,24,26,27). The normalized spacial score (nSPS) is 29.9. The number of rotatable bonds is 5. The highest BCUT2D eigenvalue weighted by molar-refractivity contribution is 6.05. The zero-order valence-electron chi connectivity index (χ0n) is 15.9. The quantitative estimate of drug-likeness (QED) is 0.647. The van der Waals surface area contributed by atoms with Crippen LogP contribution < -0.4 is 16.0 Å². The van der Waals surface area contributed by atoms with E-state index in [4.69, 9.17) is 0 Å². The molecule has 3 aliphatic heterocycles. The first-order valence-electron chi connectivity index (χ1n) is 10.3. The van der Waals surface area contributed by atoms with Crippen molar-refractivity contribution in [1.82, 2.24) is 20.9 Å². The minimum absolute atomic E-state index is 0.113. The summed E-state index contributed by atoms with van der Waals surface area (Å²) in [7, 11) is 0. The Kier molecular flexibility index (Phi) is 4.44. The zero-order valence-corrected chi connectivity index (χ0v) is 15.9. The van der Waals surface area contributed by atoms with Crippen molar-refractivity contribution in [3.05, 3.63) is 34.9 Å². The minimum Gasteiger partial charge on any atom is -0.322 e. The number of nitrogens with zero attached hydrogens (tertiary/aromatic N) is 1. The number of fused-ring (bicyclic) bond motifs is 1. The molecule has 0 spiro atoms. The summed E-state index contributed by atoms with van der Waals surface area (Å²) in [5.74, 6) is 0.882. The van der Waals surface area contributed by atoms with E-state index in [1.54, 1.807) is 4.90 Å². The summed E-state index contributed by atoms with van der Waals surface area (Å²) < 4.78 is 0. The summed E-state index contributed by atoms with van der Waals surface area (Å²) in [6.45, 7) is 3.36. The number of nitrogens with one attached hydrogen (secondary N) is 3. The molecule has 0 aromatic heterocycles. The maximum atomic E-state index is 12.8. The molecule has 3 heterocycles. The molecule has 2 saturated heterocycles. The van der Waals surface area contributed by atoms with Crippen LogP contribution in [0.4, 0.5) is 0 Å². The van der Waals surface area contributed by atoms with Gasteiger partial charge in [-0.2, -0.15) is 0 Å². The number of carbonyl (C=O) groups excluding carboxylic acids is 3. The number of hydrogen-bond donors (Lipinski definition) is 3. The summed E-state index contributed by atoms with van der Waals surface area (Å²) in [6.07, 6.45) is 3.41. The van der Waals surface area contributed by atoms with Crippen molar-refractivity contribution in [2.45, 2.75) is 50.9 Å². The number of hydrogen-bond acceptors (Lipinski definition) is 5. The number of piperidine rings is 1. The van der Waals surface area contributed by atoms with Gasteiger partial charge in [-0.1, -0.05) is 12.1 Å². The van der Waals surface area contributed by atoms with Gasteiger partial charge in [0.15, 0.2) is 0 Å². The Morgan fingerprint density at radius 3 is 2.75 bits per heavy atom. The van der Waals surface area contributed by atoms with Gasteiger partial charge in [-0.05, 0) is 54.8 Å². The van der Waals surface area contributed by atoms with Gasteiger partial charge >= 0.3 is 0 Å². The minimum atomic E-state index is -0.553. The lowest BCUT2D eigenvalue weighted by atomic mass is 9.97. The van der Waals surface area contributed by atoms with E-state index in [-0.39, 0.29) is 24.1 Å². The molecule has 1 aromatic carbocycles. The fraction of sp³-hybridized carbons (Fsp3) is 0.571. The van der Waals surface area contributed by atoms with Gasteiger partial charge in [-0.25, -0.2) is 0 Å². The lowest BCUT2D eigenvalue weighted by molar-refractivity contribution is -0.136. The Bertz CT molecular complexity index is 835. The molecule has 1 aliphatic carbocycles. The monoisotopic (exact) mass is 382 g/mol. The number of carbonyl (C=O) groups is 3. The second kappa shape index (κ2) is 6.97. The van der Waals surface area contributed by atoms with Crippen LogP contribution in [-0.2, 0) is 22.7 Å². The van der Waals surface area contributed by atoms with Crippen LogP contribution in [0.2, 0.25) is 0 Å². The van der Waals surface area contributed by atoms with E-state index in [1.807, 2.05) is 12.1 Å². The van der Waals surface area contributed by atoms with Crippen LogP contribution in [0.25, 0.3) is 0 Å². The molecule has 148 valence electrons. The molecule has 1 aromatic rings. The lowest BCUT2D eigenvalue weighted by Gasteiger charge is -2.29. The maximum Gasteiger partial charge on any atom is 0.255 e. The smallest absolute Gasteiger partial charge is 0.255 e. The molecule has 0 radical (unpaired) electrons. The van der Waals surface area contributed by atoms with Gasteiger partial charge in [0, 0.05) is 37.7 Å². The highest BCUT2D eigenvalue weighted by Gasteiger charge is 2.40. The van der Waals surface area contributed by atoms with Crippen molar-refractivity contribution >= 4 is 17.7 Å². The third kappa shape index (κ3) is 3.22. The Morgan fingerprint density at radius 2 is 1.96 bits per heavy atom. The molecule has 3 atom stereocenters. The zero-order chi connectivity index (χ0) is 19.3. The van der Waals surface area contributed by atoms with Gasteiger partial charge in [-0.3, -0.25) is 19.7 Å². The number of imide groups is 1. The Morgan fingerprint density at radius 1 is 1.11 bits per heavy atom. The molecular formula is C21H26N4O3. The molecule has 7 heteroatoms. The van der Waals surface area contributed by atoms with Gasteiger partial charge in [0.25, 0.3) is 5.91 Å². The van der Waals surface area contributed by atoms with Crippen LogP contribution in [0, 0.1) is 11.8 Å². The first-order valence-corrected chi connectivity index (χ1v) is 10.3. The van der Waals surface area contributed by atoms with Crippen LogP contribution in [0.15, 0.2) is 18.2 Å². The third-order valence-electron chi connectivity index (χ3n) is 6.64. The van der Waals surface area contributed by atoms with Gasteiger partial charge in [-0.15, -0.1) is 0 Å². The maximum absolute atomic E-state index is 12.8. The van der Waals surface area contributed by atoms with E-state index in [2.05, 4.69) is 22.0 Å². The predicted octanol–water partition coefficient (Wildman–Crippen LogP) is 0.535. The van der Waals surface area contributed by atoms with Gasteiger partial charge in [0.2, 0.25) is 11.8 Å². The Hall–Kier alpha value is -2.25. The van der Waals surface area contributed by atoms with E-state index in [9.17, 15) is 14.4 Å². The molecule has 3 N–H and O–H groups in total. The number of benzene rings is 1.